The van der Waals surface area contributed by atoms with Gasteiger partial charge in [-0.05, 0) is 0 Å². The Kier molecular flexibility index (Phi) is 4.75. The molecule has 0 saturated carbocycles. The van der Waals surface area contributed by atoms with Gasteiger partial charge < -0.3 is 24.3 Å². The standard InChI is InChI=1S/C15H19NO6/c1-19-8-5-10(20-2)13(11(6-8)21-3)9-7-12(17)16-14(9)15(18)22-4/h5-6,9,14H,7H2,1-4H3,(H,16,17)/t9-,14-/m1/s1. The van der Waals surface area contributed by atoms with Gasteiger partial charge in [0.05, 0.1) is 28.4 Å². The van der Waals surface area contributed by atoms with Gasteiger partial charge in [-0.1, -0.05) is 0 Å². The van der Waals surface area contributed by atoms with Crippen LogP contribution in [0.15, 0.2) is 12.1 Å². The number of benzene rings is 1. The van der Waals surface area contributed by atoms with Gasteiger partial charge in [0.15, 0.2) is 0 Å². The highest BCUT2D eigenvalue weighted by Gasteiger charge is 2.42. The van der Waals surface area contributed by atoms with Gasteiger partial charge in [0.2, 0.25) is 5.91 Å². The highest BCUT2D eigenvalue weighted by atomic mass is 16.5. The summed E-state index contributed by atoms with van der Waals surface area (Å²) in [4.78, 5) is 23.7. The molecule has 1 N–H and O–H groups in total. The molecule has 1 aromatic carbocycles. The Hall–Kier alpha value is -2.44. The average Bonchev–Trinajstić information content (AvgIpc) is 2.93. The number of hydrogen-bond acceptors (Lipinski definition) is 6. The van der Waals surface area contributed by atoms with Crippen molar-refractivity contribution in [1.82, 2.24) is 5.32 Å². The molecule has 7 heteroatoms. The Morgan fingerprint density at radius 1 is 1.09 bits per heavy atom. The molecule has 1 amide bonds. The number of carbonyl (C=O) groups is 2. The summed E-state index contributed by atoms with van der Waals surface area (Å²) in [6.45, 7) is 0. The lowest BCUT2D eigenvalue weighted by Crippen LogP contribution is -2.37. The lowest BCUT2D eigenvalue weighted by atomic mass is 9.90. The lowest BCUT2D eigenvalue weighted by molar-refractivity contribution is -0.143. The Labute approximate surface area is 128 Å². The van der Waals surface area contributed by atoms with Crippen LogP contribution in [0.5, 0.6) is 17.2 Å². The minimum Gasteiger partial charge on any atom is -0.496 e. The maximum Gasteiger partial charge on any atom is 0.329 e. The van der Waals surface area contributed by atoms with Gasteiger partial charge in [-0.15, -0.1) is 0 Å². The molecule has 2 rings (SSSR count). The van der Waals surface area contributed by atoms with Gasteiger partial charge in [-0.2, -0.15) is 0 Å². The summed E-state index contributed by atoms with van der Waals surface area (Å²) in [5, 5.41) is 2.63. The van der Waals surface area contributed by atoms with Gasteiger partial charge >= 0.3 is 5.97 Å². The molecule has 0 unspecified atom stereocenters. The predicted octanol–water partition coefficient (Wildman–Crippen LogP) is 0.857. The number of methoxy groups -OCH3 is 4. The Bertz CT molecular complexity index is 560. The van der Waals surface area contributed by atoms with Crippen LogP contribution in [0.25, 0.3) is 0 Å². The summed E-state index contributed by atoms with van der Waals surface area (Å²) >= 11 is 0. The summed E-state index contributed by atoms with van der Waals surface area (Å²) in [5.41, 5.74) is 0.638. The van der Waals surface area contributed by atoms with Crippen LogP contribution in [0.4, 0.5) is 0 Å². The number of rotatable bonds is 5. The molecule has 1 aliphatic heterocycles. The Morgan fingerprint density at radius 3 is 2.14 bits per heavy atom. The molecule has 7 nitrogen and oxygen atoms in total. The third-order valence-corrected chi connectivity index (χ3v) is 3.70. The fourth-order valence-electron chi connectivity index (χ4n) is 2.67. The zero-order chi connectivity index (χ0) is 16.3. The van der Waals surface area contributed by atoms with Gasteiger partial charge in [-0.25, -0.2) is 4.79 Å². The molecule has 22 heavy (non-hydrogen) atoms. The minimum absolute atomic E-state index is 0.152. The number of ether oxygens (including phenoxy) is 4. The average molecular weight is 309 g/mol. The molecule has 0 aliphatic carbocycles. The highest BCUT2D eigenvalue weighted by molar-refractivity contribution is 5.90. The van der Waals surface area contributed by atoms with E-state index in [1.165, 1.54) is 28.4 Å². The molecule has 2 atom stereocenters. The van der Waals surface area contributed by atoms with E-state index in [0.717, 1.165) is 0 Å². The zero-order valence-corrected chi connectivity index (χ0v) is 13.0. The van der Waals surface area contributed by atoms with Crippen molar-refractivity contribution in [3.8, 4) is 17.2 Å². The molecule has 1 aromatic rings. The maximum atomic E-state index is 11.9. The Balaban J connectivity index is 2.53. The van der Waals surface area contributed by atoms with Crippen molar-refractivity contribution in [1.29, 1.82) is 0 Å². The first-order valence-electron chi connectivity index (χ1n) is 6.72. The maximum absolute atomic E-state index is 11.9. The molecule has 0 aromatic heterocycles. The van der Waals surface area contributed by atoms with Crippen molar-refractivity contribution in [3.05, 3.63) is 17.7 Å². The van der Waals surface area contributed by atoms with Crippen molar-refractivity contribution in [2.75, 3.05) is 28.4 Å². The first kappa shape index (κ1) is 15.9. The van der Waals surface area contributed by atoms with Crippen molar-refractivity contribution in [2.45, 2.75) is 18.4 Å². The second-order valence-electron chi connectivity index (χ2n) is 4.82. The van der Waals surface area contributed by atoms with E-state index < -0.39 is 17.9 Å². The molecule has 1 heterocycles. The van der Waals surface area contributed by atoms with E-state index in [2.05, 4.69) is 5.32 Å². The van der Waals surface area contributed by atoms with E-state index in [1.807, 2.05) is 0 Å². The van der Waals surface area contributed by atoms with Gasteiger partial charge in [-0.3, -0.25) is 4.79 Å². The second-order valence-corrected chi connectivity index (χ2v) is 4.82. The number of esters is 1. The number of hydrogen-bond donors (Lipinski definition) is 1. The minimum atomic E-state index is -0.770. The first-order chi connectivity index (χ1) is 10.5. The Morgan fingerprint density at radius 2 is 1.68 bits per heavy atom. The number of carbonyl (C=O) groups excluding carboxylic acids is 2. The van der Waals surface area contributed by atoms with Gasteiger partial charge in [0, 0.05) is 30.0 Å². The third kappa shape index (κ3) is 2.79. The van der Waals surface area contributed by atoms with E-state index in [4.69, 9.17) is 18.9 Å². The summed E-state index contributed by atoms with van der Waals surface area (Å²) < 4.78 is 20.7. The predicted molar refractivity (Wildman–Crippen MR) is 77.4 cm³/mol. The van der Waals surface area contributed by atoms with E-state index in [9.17, 15) is 9.59 Å². The number of nitrogens with one attached hydrogen (secondary N) is 1. The van der Waals surface area contributed by atoms with Crippen molar-refractivity contribution in [2.24, 2.45) is 0 Å². The summed E-state index contributed by atoms with van der Waals surface area (Å²) in [7, 11) is 5.84. The van der Waals surface area contributed by atoms with E-state index >= 15 is 0 Å². The number of amides is 1. The quantitative estimate of drug-likeness (QED) is 0.812. The molecule has 120 valence electrons. The van der Waals surface area contributed by atoms with Crippen LogP contribution in [0.3, 0.4) is 0 Å². The molecular weight excluding hydrogens is 290 g/mol. The van der Waals surface area contributed by atoms with E-state index in [1.54, 1.807) is 12.1 Å². The molecule has 0 spiro atoms. The highest BCUT2D eigenvalue weighted by Crippen LogP contribution is 2.43. The van der Waals surface area contributed by atoms with Crippen molar-refractivity contribution >= 4 is 11.9 Å². The van der Waals surface area contributed by atoms with Crippen LogP contribution in [0.2, 0.25) is 0 Å². The molecular formula is C15H19NO6. The molecule has 0 bridgehead atoms. The first-order valence-corrected chi connectivity index (χ1v) is 6.72. The molecule has 1 fully saturated rings. The molecule has 1 aliphatic rings. The van der Waals surface area contributed by atoms with Gasteiger partial charge in [0.25, 0.3) is 0 Å². The topological polar surface area (TPSA) is 83.1 Å². The summed E-state index contributed by atoms with van der Waals surface area (Å²) in [6.07, 6.45) is 0.152. The third-order valence-electron chi connectivity index (χ3n) is 3.70. The van der Waals surface area contributed by atoms with Crippen molar-refractivity contribution < 1.29 is 28.5 Å². The van der Waals surface area contributed by atoms with E-state index in [0.29, 0.717) is 22.8 Å². The largest absolute Gasteiger partial charge is 0.496 e. The van der Waals surface area contributed by atoms with Crippen LogP contribution in [0.1, 0.15) is 17.9 Å². The van der Waals surface area contributed by atoms with E-state index in [-0.39, 0.29) is 12.3 Å². The second kappa shape index (κ2) is 6.55. The normalized spacial score (nSPS) is 20.3. The smallest absolute Gasteiger partial charge is 0.329 e. The molecule has 0 radical (unpaired) electrons. The van der Waals surface area contributed by atoms with Crippen LogP contribution < -0.4 is 19.5 Å². The monoisotopic (exact) mass is 309 g/mol. The fraction of sp³-hybridized carbons (Fsp3) is 0.467. The van der Waals surface area contributed by atoms with Crippen LogP contribution >= 0.6 is 0 Å². The zero-order valence-electron chi connectivity index (χ0n) is 13.0. The summed E-state index contributed by atoms with van der Waals surface area (Å²) in [5.74, 6) is 0.384. The van der Waals surface area contributed by atoms with Crippen LogP contribution in [-0.4, -0.2) is 46.4 Å². The summed E-state index contributed by atoms with van der Waals surface area (Å²) in [6, 6.07) is 2.61. The van der Waals surface area contributed by atoms with Crippen LogP contribution in [0, 0.1) is 0 Å². The van der Waals surface area contributed by atoms with Crippen molar-refractivity contribution in [3.63, 3.8) is 0 Å². The van der Waals surface area contributed by atoms with Gasteiger partial charge in [0.1, 0.15) is 23.3 Å². The fourth-order valence-corrected chi connectivity index (χ4v) is 2.67. The molecule has 1 saturated heterocycles. The lowest BCUT2D eigenvalue weighted by Gasteiger charge is -2.22. The SMILES string of the molecule is COC(=O)[C@@H]1NC(=O)C[C@@H]1c1c(OC)cc(OC)cc1OC. The van der Waals surface area contributed by atoms with Crippen LogP contribution in [-0.2, 0) is 14.3 Å².